The number of rotatable bonds is 10. The van der Waals surface area contributed by atoms with Gasteiger partial charge in [0.15, 0.2) is 11.9 Å². The second-order valence-corrected chi connectivity index (χ2v) is 9.02. The molecule has 0 saturated heterocycles. The van der Waals surface area contributed by atoms with Gasteiger partial charge < -0.3 is 15.4 Å². The zero-order valence-corrected chi connectivity index (χ0v) is 20.9. The molecule has 2 atom stereocenters. The molecule has 0 saturated carbocycles. The van der Waals surface area contributed by atoms with Crippen molar-refractivity contribution in [3.63, 3.8) is 0 Å². The van der Waals surface area contributed by atoms with Crippen LogP contribution in [-0.2, 0) is 14.3 Å². The van der Waals surface area contributed by atoms with Crippen LogP contribution in [0.3, 0.4) is 0 Å². The highest BCUT2D eigenvalue weighted by atomic mass is 35.5. The van der Waals surface area contributed by atoms with E-state index in [1.54, 1.807) is 0 Å². The number of benzene rings is 1. The highest BCUT2D eigenvalue weighted by Crippen LogP contribution is 2.24. The minimum atomic E-state index is -1.24. The van der Waals surface area contributed by atoms with Crippen molar-refractivity contribution in [2.75, 3.05) is 17.3 Å². The molecule has 0 bridgehead atoms. The summed E-state index contributed by atoms with van der Waals surface area (Å²) >= 11 is 19.2. The number of aromatic nitrogens is 1. The van der Waals surface area contributed by atoms with Gasteiger partial charge in [-0.1, -0.05) is 34.8 Å². The van der Waals surface area contributed by atoms with Gasteiger partial charge in [0.25, 0.3) is 17.5 Å². The third-order valence-corrected chi connectivity index (χ3v) is 5.77. The Morgan fingerprint density at radius 2 is 1.91 bits per heavy atom. The Balaban J connectivity index is 2.08. The Bertz CT molecular complexity index is 1100. The summed E-state index contributed by atoms with van der Waals surface area (Å²) in [5.41, 5.74) is -0.335. The number of carbonyl (C=O) groups is 3. The van der Waals surface area contributed by atoms with Crippen LogP contribution in [0, 0.1) is 10.1 Å². The van der Waals surface area contributed by atoms with E-state index in [0.717, 1.165) is 12.1 Å². The molecule has 182 valence electrons. The lowest BCUT2D eigenvalue weighted by atomic mass is 10.1. The number of amides is 2. The second-order valence-electron chi connectivity index (χ2n) is 6.78. The molecular weight excluding hydrogens is 531 g/mol. The van der Waals surface area contributed by atoms with Crippen molar-refractivity contribution in [3.05, 3.63) is 61.2 Å². The first-order valence-electron chi connectivity index (χ1n) is 9.59. The number of hydrogen-bond acceptors (Lipinski definition) is 8. The van der Waals surface area contributed by atoms with Crippen LogP contribution in [0.1, 0.15) is 23.7 Å². The highest BCUT2D eigenvalue weighted by Gasteiger charge is 2.28. The lowest BCUT2D eigenvalue weighted by Crippen LogP contribution is -2.44. The van der Waals surface area contributed by atoms with E-state index in [0.29, 0.717) is 5.75 Å². The first kappa shape index (κ1) is 27.6. The SMILES string of the molecule is CSCCC(NC(=O)c1ccc([N+](=O)[O-])cc1Cl)C(=O)OC(C)C(=O)Nc1ncc(Cl)cc1Cl. The zero-order chi connectivity index (χ0) is 25.4. The Morgan fingerprint density at radius 1 is 1.21 bits per heavy atom. The average Bonchev–Trinajstić information content (AvgIpc) is 2.77. The van der Waals surface area contributed by atoms with Gasteiger partial charge in [-0.3, -0.25) is 19.7 Å². The van der Waals surface area contributed by atoms with Gasteiger partial charge in [0.2, 0.25) is 0 Å². The molecule has 0 aliphatic rings. The maximum atomic E-state index is 12.7. The second kappa shape index (κ2) is 12.7. The Hall–Kier alpha value is -2.60. The molecule has 0 aliphatic heterocycles. The van der Waals surface area contributed by atoms with Gasteiger partial charge in [-0.25, -0.2) is 9.78 Å². The van der Waals surface area contributed by atoms with E-state index < -0.39 is 34.9 Å². The minimum Gasteiger partial charge on any atom is -0.451 e. The molecule has 14 heteroatoms. The van der Waals surface area contributed by atoms with Crippen molar-refractivity contribution in [2.24, 2.45) is 0 Å². The van der Waals surface area contributed by atoms with Crippen molar-refractivity contribution in [2.45, 2.75) is 25.5 Å². The van der Waals surface area contributed by atoms with Gasteiger partial charge in [-0.15, -0.1) is 0 Å². The lowest BCUT2D eigenvalue weighted by molar-refractivity contribution is -0.384. The number of nitro benzene ring substituents is 1. The smallest absolute Gasteiger partial charge is 0.329 e. The number of hydrogen-bond donors (Lipinski definition) is 2. The molecule has 1 aromatic carbocycles. The van der Waals surface area contributed by atoms with E-state index in [1.807, 2.05) is 6.26 Å². The lowest BCUT2D eigenvalue weighted by Gasteiger charge is -2.20. The van der Waals surface area contributed by atoms with Gasteiger partial charge >= 0.3 is 5.97 Å². The standard InChI is InChI=1S/C20H19Cl3N4O6S/c1-10(18(28)26-17-15(23)7-11(21)9-24-17)33-20(30)16(5-6-34-2)25-19(29)13-4-3-12(27(31)32)8-14(13)22/h3-4,7-10,16H,5-6H2,1-2H3,(H,25,29)(H,24,26,28). The van der Waals surface area contributed by atoms with Crippen molar-refractivity contribution in [1.29, 1.82) is 0 Å². The van der Waals surface area contributed by atoms with E-state index in [1.165, 1.54) is 37.0 Å². The molecule has 2 N–H and O–H groups in total. The number of esters is 1. The number of nitrogens with one attached hydrogen (secondary N) is 2. The van der Waals surface area contributed by atoms with E-state index >= 15 is 0 Å². The fourth-order valence-corrected chi connectivity index (χ4v) is 3.72. The van der Waals surface area contributed by atoms with Crippen LogP contribution in [0.15, 0.2) is 30.5 Å². The number of nitro groups is 1. The van der Waals surface area contributed by atoms with Crippen LogP contribution >= 0.6 is 46.6 Å². The first-order valence-corrected chi connectivity index (χ1v) is 12.1. The predicted molar refractivity (Wildman–Crippen MR) is 131 cm³/mol. The summed E-state index contributed by atoms with van der Waals surface area (Å²) in [5.74, 6) is -1.73. The number of pyridine rings is 1. The minimum absolute atomic E-state index is 0.0408. The number of thioether (sulfide) groups is 1. The summed E-state index contributed by atoms with van der Waals surface area (Å²) in [5, 5.41) is 16.0. The Labute approximate surface area is 213 Å². The summed E-state index contributed by atoms with van der Waals surface area (Å²) in [6.45, 7) is 1.34. The van der Waals surface area contributed by atoms with Crippen LogP contribution in [0.5, 0.6) is 0 Å². The van der Waals surface area contributed by atoms with Crippen LogP contribution in [0.25, 0.3) is 0 Å². The van der Waals surface area contributed by atoms with Crippen molar-refractivity contribution < 1.29 is 24.0 Å². The third kappa shape index (κ3) is 7.73. The number of halogens is 3. The molecule has 2 amide bonds. The highest BCUT2D eigenvalue weighted by molar-refractivity contribution is 7.98. The number of anilines is 1. The van der Waals surface area contributed by atoms with Gasteiger partial charge in [0.1, 0.15) is 6.04 Å². The van der Waals surface area contributed by atoms with Gasteiger partial charge in [-0.2, -0.15) is 11.8 Å². The number of ether oxygens (including phenoxy) is 1. The number of nitrogens with zero attached hydrogens (tertiary/aromatic N) is 2. The molecule has 10 nitrogen and oxygen atoms in total. The fourth-order valence-electron chi connectivity index (χ4n) is 2.56. The van der Waals surface area contributed by atoms with Gasteiger partial charge in [0.05, 0.1) is 25.6 Å². The third-order valence-electron chi connectivity index (χ3n) is 4.32. The zero-order valence-electron chi connectivity index (χ0n) is 17.8. The summed E-state index contributed by atoms with van der Waals surface area (Å²) in [7, 11) is 0. The number of non-ortho nitro benzene ring substituents is 1. The maximum absolute atomic E-state index is 12.7. The molecular formula is C20H19Cl3N4O6S. The van der Waals surface area contributed by atoms with Crippen molar-refractivity contribution in [1.82, 2.24) is 10.3 Å². The van der Waals surface area contributed by atoms with Crippen LogP contribution in [0.4, 0.5) is 11.5 Å². The largest absolute Gasteiger partial charge is 0.451 e. The van der Waals surface area contributed by atoms with Crippen molar-refractivity contribution >= 4 is 75.9 Å². The molecule has 1 heterocycles. The molecule has 2 aromatic rings. The first-order chi connectivity index (χ1) is 16.0. The Morgan fingerprint density at radius 3 is 2.50 bits per heavy atom. The quantitative estimate of drug-likeness (QED) is 0.253. The Kier molecular flexibility index (Phi) is 10.4. The predicted octanol–water partition coefficient (Wildman–Crippen LogP) is 4.37. The number of carbonyl (C=O) groups excluding carboxylic acids is 3. The van der Waals surface area contributed by atoms with Crippen LogP contribution < -0.4 is 10.6 Å². The molecule has 2 unspecified atom stereocenters. The molecule has 34 heavy (non-hydrogen) atoms. The maximum Gasteiger partial charge on any atom is 0.329 e. The summed E-state index contributed by atoms with van der Waals surface area (Å²) in [6.07, 6.45) is 2.07. The topological polar surface area (TPSA) is 141 Å². The summed E-state index contributed by atoms with van der Waals surface area (Å²) in [4.78, 5) is 51.9. The molecule has 0 fully saturated rings. The van der Waals surface area contributed by atoms with E-state index in [9.17, 15) is 24.5 Å². The van der Waals surface area contributed by atoms with E-state index in [2.05, 4.69) is 15.6 Å². The van der Waals surface area contributed by atoms with E-state index in [-0.39, 0.29) is 38.6 Å². The van der Waals surface area contributed by atoms with Gasteiger partial charge in [0, 0.05) is 18.3 Å². The monoisotopic (exact) mass is 548 g/mol. The van der Waals surface area contributed by atoms with E-state index in [4.69, 9.17) is 39.5 Å². The van der Waals surface area contributed by atoms with Gasteiger partial charge in [-0.05, 0) is 37.5 Å². The fraction of sp³-hybridized carbons (Fsp3) is 0.300. The van der Waals surface area contributed by atoms with Crippen molar-refractivity contribution in [3.8, 4) is 0 Å². The van der Waals surface area contributed by atoms with Crippen LogP contribution in [0.2, 0.25) is 15.1 Å². The van der Waals surface area contributed by atoms with Crippen LogP contribution in [-0.4, -0.2) is 51.8 Å². The summed E-state index contributed by atoms with van der Waals surface area (Å²) < 4.78 is 5.23. The molecule has 0 spiro atoms. The normalized spacial score (nSPS) is 12.4. The molecule has 0 aliphatic carbocycles. The molecule has 0 radical (unpaired) electrons. The molecule has 1 aromatic heterocycles. The molecule has 2 rings (SSSR count). The average molecular weight is 550 g/mol. The summed E-state index contributed by atoms with van der Waals surface area (Å²) in [6, 6.07) is 3.64.